The van der Waals surface area contributed by atoms with Gasteiger partial charge in [0.25, 0.3) is 0 Å². The molecule has 1 atom stereocenters. The molecule has 0 saturated heterocycles. The zero-order valence-corrected chi connectivity index (χ0v) is 11.0. The summed E-state index contributed by atoms with van der Waals surface area (Å²) >= 11 is 0. The maximum Gasteiger partial charge on any atom is 0.0361 e. The fourth-order valence-electron chi connectivity index (χ4n) is 2.01. The second-order valence-corrected chi connectivity index (χ2v) is 4.78. The highest BCUT2D eigenvalue weighted by Gasteiger charge is 2.07. The van der Waals surface area contributed by atoms with Crippen LogP contribution in [0.15, 0.2) is 54.6 Å². The van der Waals surface area contributed by atoms with Crippen molar-refractivity contribution in [1.82, 2.24) is 0 Å². The van der Waals surface area contributed by atoms with E-state index >= 15 is 0 Å². The average Bonchev–Trinajstić information content (AvgIpc) is 2.40. The zero-order chi connectivity index (χ0) is 13.0. The van der Waals surface area contributed by atoms with Crippen molar-refractivity contribution in [3.05, 3.63) is 65.7 Å². The molecule has 2 nitrogen and oxygen atoms in total. The summed E-state index contributed by atoms with van der Waals surface area (Å²) in [6.45, 7) is 0. The molecule has 0 fully saturated rings. The first-order chi connectivity index (χ1) is 8.66. The van der Waals surface area contributed by atoms with E-state index in [2.05, 4.69) is 53.4 Å². The van der Waals surface area contributed by atoms with Gasteiger partial charge in [0.15, 0.2) is 0 Å². The van der Waals surface area contributed by atoms with Crippen molar-refractivity contribution in [3.63, 3.8) is 0 Å². The Labute approximate surface area is 109 Å². The third-order valence-electron chi connectivity index (χ3n) is 3.14. The number of nitrogens with two attached hydrogens (primary N) is 1. The van der Waals surface area contributed by atoms with Gasteiger partial charge in [-0.3, -0.25) is 0 Å². The third-order valence-corrected chi connectivity index (χ3v) is 3.14. The Hall–Kier alpha value is -1.80. The van der Waals surface area contributed by atoms with Gasteiger partial charge in [0.1, 0.15) is 0 Å². The van der Waals surface area contributed by atoms with Gasteiger partial charge in [0.2, 0.25) is 0 Å². The van der Waals surface area contributed by atoms with Crippen LogP contribution in [0.25, 0.3) is 0 Å². The fraction of sp³-hybridized carbons (Fsp3) is 0.250. The molecule has 2 aromatic carbocycles. The van der Waals surface area contributed by atoms with Gasteiger partial charge in [-0.15, -0.1) is 0 Å². The van der Waals surface area contributed by atoms with Crippen molar-refractivity contribution >= 4 is 5.69 Å². The van der Waals surface area contributed by atoms with Crippen LogP contribution in [-0.4, -0.2) is 14.1 Å². The van der Waals surface area contributed by atoms with Crippen LogP contribution in [0.2, 0.25) is 0 Å². The van der Waals surface area contributed by atoms with Gasteiger partial charge in [-0.1, -0.05) is 42.5 Å². The molecule has 18 heavy (non-hydrogen) atoms. The fourth-order valence-corrected chi connectivity index (χ4v) is 2.01. The number of hydrogen-bond donors (Lipinski definition) is 1. The van der Waals surface area contributed by atoms with Crippen molar-refractivity contribution in [2.75, 3.05) is 19.0 Å². The summed E-state index contributed by atoms with van der Waals surface area (Å²) in [6, 6.07) is 18.9. The molecular formula is C16H20N2. The first-order valence-corrected chi connectivity index (χ1v) is 6.23. The summed E-state index contributed by atoms with van der Waals surface area (Å²) in [5.74, 6) is 0. The van der Waals surface area contributed by atoms with Crippen LogP contribution in [0.5, 0.6) is 0 Å². The lowest BCUT2D eigenvalue weighted by Crippen LogP contribution is -2.14. The Morgan fingerprint density at radius 2 is 1.56 bits per heavy atom. The molecule has 0 amide bonds. The molecule has 0 saturated carbocycles. The van der Waals surface area contributed by atoms with E-state index in [-0.39, 0.29) is 6.04 Å². The molecule has 2 aromatic rings. The average molecular weight is 240 g/mol. The molecule has 0 aliphatic rings. The standard InChI is InChI=1S/C16H20N2/c1-18(2)15-10-8-14(9-11-15)16(17)12-13-6-4-3-5-7-13/h3-11,16H,12,17H2,1-2H3/t16-/m1/s1. The van der Waals surface area contributed by atoms with E-state index in [4.69, 9.17) is 5.73 Å². The van der Waals surface area contributed by atoms with E-state index < -0.39 is 0 Å². The summed E-state index contributed by atoms with van der Waals surface area (Å²) in [5, 5.41) is 0. The van der Waals surface area contributed by atoms with Crippen molar-refractivity contribution in [2.24, 2.45) is 5.73 Å². The quantitative estimate of drug-likeness (QED) is 0.890. The normalized spacial score (nSPS) is 12.2. The minimum atomic E-state index is 0.0589. The maximum atomic E-state index is 6.24. The smallest absolute Gasteiger partial charge is 0.0361 e. The Morgan fingerprint density at radius 1 is 0.944 bits per heavy atom. The predicted molar refractivity (Wildman–Crippen MR) is 77.8 cm³/mol. The van der Waals surface area contributed by atoms with Gasteiger partial charge in [0.05, 0.1) is 0 Å². The maximum absolute atomic E-state index is 6.24. The minimum absolute atomic E-state index is 0.0589. The van der Waals surface area contributed by atoms with Crippen molar-refractivity contribution in [3.8, 4) is 0 Å². The second kappa shape index (κ2) is 5.69. The summed E-state index contributed by atoms with van der Waals surface area (Å²) in [7, 11) is 4.08. The summed E-state index contributed by atoms with van der Waals surface area (Å²) in [5.41, 5.74) is 9.90. The monoisotopic (exact) mass is 240 g/mol. The highest BCUT2D eigenvalue weighted by Crippen LogP contribution is 2.19. The molecule has 2 heteroatoms. The molecule has 0 aliphatic carbocycles. The van der Waals surface area contributed by atoms with E-state index in [9.17, 15) is 0 Å². The zero-order valence-electron chi connectivity index (χ0n) is 11.0. The molecule has 0 radical (unpaired) electrons. The van der Waals surface area contributed by atoms with Crippen LogP contribution < -0.4 is 10.6 Å². The molecule has 94 valence electrons. The lowest BCUT2D eigenvalue weighted by Gasteiger charge is -2.16. The highest BCUT2D eigenvalue weighted by atomic mass is 15.1. The molecule has 0 bridgehead atoms. The summed E-state index contributed by atoms with van der Waals surface area (Å²) in [4.78, 5) is 2.09. The van der Waals surface area contributed by atoms with Crippen molar-refractivity contribution in [1.29, 1.82) is 0 Å². The van der Waals surface area contributed by atoms with E-state index in [1.54, 1.807) is 0 Å². The molecule has 0 aliphatic heterocycles. The Kier molecular flexibility index (Phi) is 4.00. The number of hydrogen-bond acceptors (Lipinski definition) is 2. The van der Waals surface area contributed by atoms with Crippen LogP contribution in [0, 0.1) is 0 Å². The molecule has 0 unspecified atom stereocenters. The van der Waals surface area contributed by atoms with Gasteiger partial charge in [-0.2, -0.15) is 0 Å². The van der Waals surface area contributed by atoms with E-state index in [1.807, 2.05) is 20.2 Å². The third kappa shape index (κ3) is 3.11. The molecular weight excluding hydrogens is 220 g/mol. The number of anilines is 1. The number of benzene rings is 2. The van der Waals surface area contributed by atoms with Gasteiger partial charge < -0.3 is 10.6 Å². The largest absolute Gasteiger partial charge is 0.378 e. The molecule has 0 heterocycles. The first-order valence-electron chi connectivity index (χ1n) is 6.23. The predicted octanol–water partition coefficient (Wildman–Crippen LogP) is 3.00. The summed E-state index contributed by atoms with van der Waals surface area (Å²) in [6.07, 6.45) is 0.877. The molecule has 0 aromatic heterocycles. The Bertz CT molecular complexity index is 474. The van der Waals surface area contributed by atoms with Gasteiger partial charge in [0, 0.05) is 25.8 Å². The number of rotatable bonds is 4. The number of nitrogens with zero attached hydrogens (tertiary/aromatic N) is 1. The molecule has 0 spiro atoms. The van der Waals surface area contributed by atoms with E-state index in [1.165, 1.54) is 16.8 Å². The molecule has 2 N–H and O–H groups in total. The van der Waals surface area contributed by atoms with Gasteiger partial charge in [-0.05, 0) is 29.7 Å². The minimum Gasteiger partial charge on any atom is -0.378 e. The lowest BCUT2D eigenvalue weighted by molar-refractivity contribution is 0.722. The Morgan fingerprint density at radius 3 is 2.11 bits per heavy atom. The lowest BCUT2D eigenvalue weighted by atomic mass is 9.99. The highest BCUT2D eigenvalue weighted by molar-refractivity contribution is 5.46. The van der Waals surface area contributed by atoms with Crippen molar-refractivity contribution in [2.45, 2.75) is 12.5 Å². The Balaban J connectivity index is 2.07. The SMILES string of the molecule is CN(C)c1ccc([C@H](N)Cc2ccccc2)cc1. The van der Waals surface area contributed by atoms with Crippen LogP contribution in [0.1, 0.15) is 17.2 Å². The first kappa shape index (κ1) is 12.7. The van der Waals surface area contributed by atoms with Crippen LogP contribution in [0.4, 0.5) is 5.69 Å². The van der Waals surface area contributed by atoms with Crippen LogP contribution in [-0.2, 0) is 6.42 Å². The van der Waals surface area contributed by atoms with E-state index in [0.717, 1.165) is 6.42 Å². The van der Waals surface area contributed by atoms with Gasteiger partial charge >= 0.3 is 0 Å². The molecule has 2 rings (SSSR count). The summed E-state index contributed by atoms with van der Waals surface area (Å²) < 4.78 is 0. The van der Waals surface area contributed by atoms with E-state index in [0.29, 0.717) is 0 Å². The van der Waals surface area contributed by atoms with Crippen LogP contribution >= 0.6 is 0 Å². The second-order valence-electron chi connectivity index (χ2n) is 4.78. The van der Waals surface area contributed by atoms with Gasteiger partial charge in [-0.25, -0.2) is 0 Å². The topological polar surface area (TPSA) is 29.3 Å². The van der Waals surface area contributed by atoms with Crippen molar-refractivity contribution < 1.29 is 0 Å². The van der Waals surface area contributed by atoms with Crippen LogP contribution in [0.3, 0.4) is 0 Å².